The molecule has 2 rings (SSSR count). The van der Waals surface area contributed by atoms with E-state index >= 15 is 0 Å². The van der Waals surface area contributed by atoms with Crippen molar-refractivity contribution in [3.05, 3.63) is 34.6 Å². The van der Waals surface area contributed by atoms with Gasteiger partial charge in [-0.15, -0.1) is 0 Å². The molecule has 3 nitrogen and oxygen atoms in total. The van der Waals surface area contributed by atoms with E-state index in [9.17, 15) is 0 Å². The Morgan fingerprint density at radius 2 is 2.14 bits per heavy atom. The number of nitrogens with two attached hydrogens (primary N) is 1. The Labute approximate surface area is 90.1 Å². The van der Waals surface area contributed by atoms with Crippen LogP contribution >= 0.6 is 15.9 Å². The van der Waals surface area contributed by atoms with E-state index in [0.29, 0.717) is 11.6 Å². The van der Waals surface area contributed by atoms with E-state index in [1.54, 1.807) is 6.20 Å². The molecule has 0 saturated heterocycles. The summed E-state index contributed by atoms with van der Waals surface area (Å²) in [5.41, 5.74) is 7.27. The minimum Gasteiger partial charge on any atom is -0.441 e. The predicted molar refractivity (Wildman–Crippen MR) is 58.8 cm³/mol. The third-order valence-electron chi connectivity index (χ3n) is 1.79. The Morgan fingerprint density at radius 3 is 2.71 bits per heavy atom. The maximum atomic E-state index is 5.70. The Kier molecular flexibility index (Phi) is 2.29. The molecule has 0 fully saturated rings. The summed E-state index contributed by atoms with van der Waals surface area (Å²) in [6.07, 6.45) is 1.69. The molecule has 1 aromatic carbocycles. The summed E-state index contributed by atoms with van der Waals surface area (Å²) in [4.78, 5) is 4.13. The van der Waals surface area contributed by atoms with E-state index in [4.69, 9.17) is 10.2 Å². The smallest absolute Gasteiger partial charge is 0.226 e. The van der Waals surface area contributed by atoms with Crippen molar-refractivity contribution in [1.82, 2.24) is 4.98 Å². The molecule has 0 spiro atoms. The van der Waals surface area contributed by atoms with Gasteiger partial charge in [0.15, 0.2) is 0 Å². The first-order valence-electron chi connectivity index (χ1n) is 4.14. The van der Waals surface area contributed by atoms with Crippen LogP contribution in [-0.2, 0) is 0 Å². The number of hydrogen-bond donors (Lipinski definition) is 1. The highest BCUT2D eigenvalue weighted by atomic mass is 79.9. The van der Waals surface area contributed by atoms with Crippen molar-refractivity contribution in [3.63, 3.8) is 0 Å². The molecule has 1 heterocycles. The Hall–Kier alpha value is -1.29. The summed E-state index contributed by atoms with van der Waals surface area (Å²) in [7, 11) is 0. The first-order valence-corrected chi connectivity index (χ1v) is 4.93. The number of nitrogens with zero attached hydrogens (tertiary/aromatic N) is 1. The quantitative estimate of drug-likeness (QED) is 0.795. The lowest BCUT2D eigenvalue weighted by atomic mass is 10.2. The molecular weight excluding hydrogens is 244 g/mol. The van der Waals surface area contributed by atoms with Crippen LogP contribution in [0.25, 0.3) is 11.5 Å². The Balaban J connectivity index is 2.51. The van der Waals surface area contributed by atoms with E-state index in [0.717, 1.165) is 15.8 Å². The van der Waals surface area contributed by atoms with Crippen molar-refractivity contribution in [2.24, 2.45) is 0 Å². The van der Waals surface area contributed by atoms with Gasteiger partial charge in [-0.2, -0.15) is 0 Å². The molecule has 4 heteroatoms. The number of halogens is 1. The monoisotopic (exact) mass is 252 g/mol. The third kappa shape index (κ3) is 1.80. The van der Waals surface area contributed by atoms with Crippen molar-refractivity contribution in [2.75, 3.05) is 5.73 Å². The van der Waals surface area contributed by atoms with E-state index in [-0.39, 0.29) is 0 Å². The molecule has 1 aromatic heterocycles. The Morgan fingerprint density at radius 1 is 1.36 bits per heavy atom. The van der Waals surface area contributed by atoms with Gasteiger partial charge in [0.2, 0.25) is 5.89 Å². The summed E-state index contributed by atoms with van der Waals surface area (Å²) in [5.74, 6) is 1.38. The standard InChI is InChI=1S/C10H9BrN2O/c1-6-5-13-10(14-6)7-2-8(11)4-9(12)3-7/h2-5H,12H2,1H3. The molecule has 72 valence electrons. The van der Waals surface area contributed by atoms with Crippen LogP contribution in [0.5, 0.6) is 0 Å². The van der Waals surface area contributed by atoms with Crippen LogP contribution < -0.4 is 5.73 Å². The molecule has 0 aliphatic heterocycles. The van der Waals surface area contributed by atoms with Gasteiger partial charge in [0.1, 0.15) is 5.76 Å². The van der Waals surface area contributed by atoms with Crippen LogP contribution in [0.15, 0.2) is 33.3 Å². The van der Waals surface area contributed by atoms with Gasteiger partial charge >= 0.3 is 0 Å². The molecule has 14 heavy (non-hydrogen) atoms. The fraction of sp³-hybridized carbons (Fsp3) is 0.100. The van der Waals surface area contributed by atoms with E-state index in [1.165, 1.54) is 0 Å². The van der Waals surface area contributed by atoms with Crippen LogP contribution in [0.4, 0.5) is 5.69 Å². The summed E-state index contributed by atoms with van der Waals surface area (Å²) >= 11 is 3.37. The molecule has 0 bridgehead atoms. The molecule has 0 unspecified atom stereocenters. The minimum atomic E-state index is 0.593. The molecule has 0 atom stereocenters. The molecule has 0 aliphatic carbocycles. The highest BCUT2D eigenvalue weighted by Gasteiger charge is 2.05. The number of hydrogen-bond acceptors (Lipinski definition) is 3. The SMILES string of the molecule is Cc1cnc(-c2cc(N)cc(Br)c2)o1. The largest absolute Gasteiger partial charge is 0.441 e. The van der Waals surface area contributed by atoms with Crippen molar-refractivity contribution in [1.29, 1.82) is 0 Å². The lowest BCUT2D eigenvalue weighted by Gasteiger charge is -1.99. The van der Waals surface area contributed by atoms with E-state index in [1.807, 2.05) is 25.1 Å². The van der Waals surface area contributed by atoms with Gasteiger partial charge in [-0.25, -0.2) is 4.98 Å². The van der Waals surface area contributed by atoms with Crippen molar-refractivity contribution >= 4 is 21.6 Å². The molecule has 0 saturated carbocycles. The fourth-order valence-electron chi connectivity index (χ4n) is 1.22. The van der Waals surface area contributed by atoms with E-state index in [2.05, 4.69) is 20.9 Å². The molecule has 0 amide bonds. The first-order chi connectivity index (χ1) is 6.65. The topological polar surface area (TPSA) is 52.0 Å². The number of aryl methyl sites for hydroxylation is 1. The van der Waals surface area contributed by atoms with Gasteiger partial charge in [-0.05, 0) is 25.1 Å². The zero-order valence-electron chi connectivity index (χ0n) is 7.62. The van der Waals surface area contributed by atoms with Crippen LogP contribution in [-0.4, -0.2) is 4.98 Å². The third-order valence-corrected chi connectivity index (χ3v) is 2.25. The normalized spacial score (nSPS) is 10.4. The number of aromatic nitrogens is 1. The van der Waals surface area contributed by atoms with E-state index < -0.39 is 0 Å². The molecule has 0 radical (unpaired) electrons. The Bertz CT molecular complexity index is 445. The second-order valence-corrected chi connectivity index (χ2v) is 3.96. The average molecular weight is 253 g/mol. The molecule has 0 aliphatic rings. The van der Waals surface area contributed by atoms with Gasteiger partial charge in [0.25, 0.3) is 0 Å². The lowest BCUT2D eigenvalue weighted by molar-refractivity contribution is 0.542. The lowest BCUT2D eigenvalue weighted by Crippen LogP contribution is -1.86. The first kappa shape index (κ1) is 9.27. The second kappa shape index (κ2) is 3.46. The summed E-state index contributed by atoms with van der Waals surface area (Å²) in [6, 6.07) is 5.58. The summed E-state index contributed by atoms with van der Waals surface area (Å²) in [5, 5.41) is 0. The summed E-state index contributed by atoms with van der Waals surface area (Å²) < 4.78 is 6.31. The van der Waals surface area contributed by atoms with Crippen molar-refractivity contribution < 1.29 is 4.42 Å². The molecule has 2 N–H and O–H groups in total. The maximum Gasteiger partial charge on any atom is 0.226 e. The number of rotatable bonds is 1. The van der Waals surface area contributed by atoms with Gasteiger partial charge in [-0.3, -0.25) is 0 Å². The fourth-order valence-corrected chi connectivity index (χ4v) is 1.73. The number of oxazole rings is 1. The second-order valence-electron chi connectivity index (χ2n) is 3.05. The van der Waals surface area contributed by atoms with Gasteiger partial charge in [-0.1, -0.05) is 15.9 Å². The van der Waals surface area contributed by atoms with Gasteiger partial charge < -0.3 is 10.2 Å². The predicted octanol–water partition coefficient (Wildman–Crippen LogP) is 2.99. The van der Waals surface area contributed by atoms with Crippen LogP contribution in [0.1, 0.15) is 5.76 Å². The zero-order valence-corrected chi connectivity index (χ0v) is 9.21. The maximum absolute atomic E-state index is 5.70. The van der Waals surface area contributed by atoms with Gasteiger partial charge in [0.05, 0.1) is 6.20 Å². The summed E-state index contributed by atoms with van der Waals surface area (Å²) in [6.45, 7) is 1.86. The highest BCUT2D eigenvalue weighted by Crippen LogP contribution is 2.25. The average Bonchev–Trinajstić information content (AvgIpc) is 2.50. The van der Waals surface area contributed by atoms with Crippen molar-refractivity contribution in [2.45, 2.75) is 6.92 Å². The number of benzene rings is 1. The van der Waals surface area contributed by atoms with Crippen LogP contribution in [0.3, 0.4) is 0 Å². The van der Waals surface area contributed by atoms with Crippen molar-refractivity contribution in [3.8, 4) is 11.5 Å². The molecular formula is C10H9BrN2O. The molecule has 2 aromatic rings. The van der Waals surface area contributed by atoms with Crippen LogP contribution in [0.2, 0.25) is 0 Å². The zero-order chi connectivity index (χ0) is 10.1. The highest BCUT2D eigenvalue weighted by molar-refractivity contribution is 9.10. The minimum absolute atomic E-state index is 0.593. The number of anilines is 1. The van der Waals surface area contributed by atoms with Crippen LogP contribution in [0, 0.1) is 6.92 Å². The van der Waals surface area contributed by atoms with Gasteiger partial charge in [0, 0.05) is 15.7 Å². The number of nitrogen functional groups attached to an aromatic ring is 1.